The SMILES string of the molecule is CNC1CCC(CNCCOC)CC1. The third-order valence-electron chi connectivity index (χ3n) is 3.17. The molecule has 0 saturated heterocycles. The van der Waals surface area contributed by atoms with Crippen molar-refractivity contribution in [2.45, 2.75) is 31.7 Å². The van der Waals surface area contributed by atoms with Gasteiger partial charge in [0.15, 0.2) is 0 Å². The largest absolute Gasteiger partial charge is 0.383 e. The monoisotopic (exact) mass is 200 g/mol. The molecule has 0 aromatic carbocycles. The van der Waals surface area contributed by atoms with E-state index < -0.39 is 0 Å². The molecule has 1 fully saturated rings. The fourth-order valence-corrected chi connectivity index (χ4v) is 2.14. The summed E-state index contributed by atoms with van der Waals surface area (Å²) in [6.45, 7) is 2.98. The number of nitrogens with one attached hydrogen (secondary N) is 2. The smallest absolute Gasteiger partial charge is 0.0587 e. The number of rotatable bonds is 6. The first-order chi connectivity index (χ1) is 6.86. The zero-order valence-electron chi connectivity index (χ0n) is 9.51. The minimum Gasteiger partial charge on any atom is -0.383 e. The predicted octanol–water partition coefficient (Wildman–Crippen LogP) is 1.00. The van der Waals surface area contributed by atoms with Gasteiger partial charge in [-0.15, -0.1) is 0 Å². The van der Waals surface area contributed by atoms with Gasteiger partial charge in [-0.1, -0.05) is 0 Å². The van der Waals surface area contributed by atoms with Gasteiger partial charge in [0.2, 0.25) is 0 Å². The lowest BCUT2D eigenvalue weighted by atomic mass is 9.86. The molecule has 1 saturated carbocycles. The Kier molecular flexibility index (Phi) is 6.15. The Labute approximate surface area is 87.6 Å². The fourth-order valence-electron chi connectivity index (χ4n) is 2.14. The highest BCUT2D eigenvalue weighted by Gasteiger charge is 2.19. The van der Waals surface area contributed by atoms with E-state index in [1.165, 1.54) is 32.2 Å². The molecule has 3 nitrogen and oxygen atoms in total. The van der Waals surface area contributed by atoms with Crippen LogP contribution in [-0.4, -0.2) is 39.9 Å². The molecule has 0 amide bonds. The Bertz CT molecular complexity index is 133. The predicted molar refractivity (Wildman–Crippen MR) is 59.6 cm³/mol. The van der Waals surface area contributed by atoms with Gasteiger partial charge >= 0.3 is 0 Å². The summed E-state index contributed by atoms with van der Waals surface area (Å²) < 4.78 is 4.99. The Morgan fingerprint density at radius 3 is 2.50 bits per heavy atom. The van der Waals surface area contributed by atoms with E-state index in [9.17, 15) is 0 Å². The quantitative estimate of drug-likeness (QED) is 0.628. The van der Waals surface area contributed by atoms with Gasteiger partial charge in [-0.2, -0.15) is 0 Å². The average molecular weight is 200 g/mol. The molecule has 3 heteroatoms. The number of methoxy groups -OCH3 is 1. The summed E-state index contributed by atoms with van der Waals surface area (Å²) in [5, 5.41) is 6.80. The molecular weight excluding hydrogens is 176 g/mol. The topological polar surface area (TPSA) is 33.3 Å². The van der Waals surface area contributed by atoms with Gasteiger partial charge < -0.3 is 15.4 Å². The molecule has 2 N–H and O–H groups in total. The van der Waals surface area contributed by atoms with Gasteiger partial charge in [-0.25, -0.2) is 0 Å². The van der Waals surface area contributed by atoms with Crippen molar-refractivity contribution in [3.8, 4) is 0 Å². The van der Waals surface area contributed by atoms with Gasteiger partial charge in [0.1, 0.15) is 0 Å². The normalized spacial score (nSPS) is 27.9. The Hall–Kier alpha value is -0.120. The maximum Gasteiger partial charge on any atom is 0.0587 e. The van der Waals surface area contributed by atoms with Crippen LogP contribution in [0.5, 0.6) is 0 Å². The lowest BCUT2D eigenvalue weighted by Gasteiger charge is -2.28. The first-order valence-electron chi connectivity index (χ1n) is 5.73. The molecule has 0 spiro atoms. The van der Waals surface area contributed by atoms with Crippen molar-refractivity contribution >= 4 is 0 Å². The second kappa shape index (κ2) is 7.21. The van der Waals surface area contributed by atoms with Gasteiger partial charge in [-0.05, 0) is 45.2 Å². The van der Waals surface area contributed by atoms with Crippen LogP contribution in [0.15, 0.2) is 0 Å². The molecule has 0 radical (unpaired) electrons. The Morgan fingerprint density at radius 1 is 1.21 bits per heavy atom. The van der Waals surface area contributed by atoms with Crippen LogP contribution in [-0.2, 0) is 4.74 Å². The highest BCUT2D eigenvalue weighted by Crippen LogP contribution is 2.23. The third kappa shape index (κ3) is 4.40. The van der Waals surface area contributed by atoms with Crippen LogP contribution in [0.1, 0.15) is 25.7 Å². The maximum absolute atomic E-state index is 4.99. The molecule has 0 atom stereocenters. The lowest BCUT2D eigenvalue weighted by Crippen LogP contribution is -2.34. The molecular formula is C11H24N2O. The number of hydrogen-bond acceptors (Lipinski definition) is 3. The van der Waals surface area contributed by atoms with E-state index in [4.69, 9.17) is 4.74 Å². The summed E-state index contributed by atoms with van der Waals surface area (Å²) in [6.07, 6.45) is 5.41. The minimum absolute atomic E-state index is 0.769. The summed E-state index contributed by atoms with van der Waals surface area (Å²) in [7, 11) is 3.82. The van der Waals surface area contributed by atoms with Gasteiger partial charge in [0.25, 0.3) is 0 Å². The summed E-state index contributed by atoms with van der Waals surface area (Å²) >= 11 is 0. The zero-order valence-corrected chi connectivity index (χ0v) is 9.51. The third-order valence-corrected chi connectivity index (χ3v) is 3.17. The summed E-state index contributed by atoms with van der Waals surface area (Å²) in [4.78, 5) is 0. The van der Waals surface area contributed by atoms with Crippen LogP contribution in [0, 0.1) is 5.92 Å². The molecule has 1 aliphatic rings. The van der Waals surface area contributed by atoms with Crippen LogP contribution in [0.25, 0.3) is 0 Å². The summed E-state index contributed by atoms with van der Waals surface area (Å²) in [5.41, 5.74) is 0. The van der Waals surface area contributed by atoms with E-state index in [0.717, 1.165) is 25.1 Å². The lowest BCUT2D eigenvalue weighted by molar-refractivity contribution is 0.195. The van der Waals surface area contributed by atoms with E-state index >= 15 is 0 Å². The Morgan fingerprint density at radius 2 is 1.93 bits per heavy atom. The van der Waals surface area contributed by atoms with Crippen molar-refractivity contribution in [3.05, 3.63) is 0 Å². The van der Waals surface area contributed by atoms with Crippen LogP contribution in [0.4, 0.5) is 0 Å². The fraction of sp³-hybridized carbons (Fsp3) is 1.00. The second-order valence-electron chi connectivity index (χ2n) is 4.20. The molecule has 0 heterocycles. The molecule has 0 aromatic rings. The molecule has 14 heavy (non-hydrogen) atoms. The van der Waals surface area contributed by atoms with Crippen LogP contribution < -0.4 is 10.6 Å². The first kappa shape index (κ1) is 12.0. The van der Waals surface area contributed by atoms with E-state index in [-0.39, 0.29) is 0 Å². The van der Waals surface area contributed by atoms with E-state index in [2.05, 4.69) is 17.7 Å². The van der Waals surface area contributed by atoms with Gasteiger partial charge in [0.05, 0.1) is 6.61 Å². The zero-order chi connectivity index (χ0) is 10.2. The number of hydrogen-bond donors (Lipinski definition) is 2. The second-order valence-corrected chi connectivity index (χ2v) is 4.20. The van der Waals surface area contributed by atoms with Crippen LogP contribution >= 0.6 is 0 Å². The highest BCUT2D eigenvalue weighted by atomic mass is 16.5. The summed E-state index contributed by atoms with van der Waals surface area (Å²) in [5.74, 6) is 0.886. The molecule has 0 aromatic heterocycles. The molecule has 0 bridgehead atoms. The highest BCUT2D eigenvalue weighted by molar-refractivity contribution is 4.76. The van der Waals surface area contributed by atoms with Crippen molar-refractivity contribution in [1.29, 1.82) is 0 Å². The van der Waals surface area contributed by atoms with E-state index in [0.29, 0.717) is 0 Å². The van der Waals surface area contributed by atoms with Crippen molar-refractivity contribution in [1.82, 2.24) is 10.6 Å². The maximum atomic E-state index is 4.99. The molecule has 1 rings (SSSR count). The van der Waals surface area contributed by atoms with Crippen molar-refractivity contribution < 1.29 is 4.74 Å². The minimum atomic E-state index is 0.769. The van der Waals surface area contributed by atoms with Crippen molar-refractivity contribution in [3.63, 3.8) is 0 Å². The van der Waals surface area contributed by atoms with Crippen LogP contribution in [0.3, 0.4) is 0 Å². The molecule has 84 valence electrons. The Balaban J connectivity index is 1.98. The first-order valence-corrected chi connectivity index (χ1v) is 5.73. The standard InChI is InChI=1S/C11H24N2O/c1-12-11-5-3-10(4-6-11)9-13-7-8-14-2/h10-13H,3-9H2,1-2H3. The van der Waals surface area contributed by atoms with Crippen molar-refractivity contribution in [2.24, 2.45) is 5.92 Å². The van der Waals surface area contributed by atoms with Crippen molar-refractivity contribution in [2.75, 3.05) is 33.9 Å². The summed E-state index contributed by atoms with van der Waals surface area (Å²) in [6, 6.07) is 0.769. The van der Waals surface area contributed by atoms with E-state index in [1.807, 2.05) is 0 Å². The van der Waals surface area contributed by atoms with E-state index in [1.54, 1.807) is 7.11 Å². The average Bonchev–Trinajstić information content (AvgIpc) is 2.25. The molecule has 0 unspecified atom stereocenters. The van der Waals surface area contributed by atoms with Crippen LogP contribution in [0.2, 0.25) is 0 Å². The number of ether oxygens (including phenoxy) is 1. The molecule has 1 aliphatic carbocycles. The van der Waals surface area contributed by atoms with Gasteiger partial charge in [0, 0.05) is 19.7 Å². The molecule has 0 aliphatic heterocycles. The van der Waals surface area contributed by atoms with Gasteiger partial charge in [-0.3, -0.25) is 0 Å².